The van der Waals surface area contributed by atoms with Crippen LogP contribution in [0.4, 0.5) is 4.79 Å². The molecule has 4 rings (SSSR count). The van der Waals surface area contributed by atoms with E-state index in [1.807, 2.05) is 6.07 Å². The Morgan fingerprint density at radius 1 is 1.22 bits per heavy atom. The van der Waals surface area contributed by atoms with Crippen LogP contribution in [0.3, 0.4) is 0 Å². The van der Waals surface area contributed by atoms with Crippen molar-refractivity contribution in [2.75, 3.05) is 45.9 Å². The Hall–Kier alpha value is -2.39. The number of amides is 4. The summed E-state index contributed by atoms with van der Waals surface area (Å²) >= 11 is 0. The summed E-state index contributed by atoms with van der Waals surface area (Å²) in [6, 6.07) is 1.48. The Kier molecular flexibility index (Phi) is 4.88. The van der Waals surface area contributed by atoms with Crippen molar-refractivity contribution in [3.05, 3.63) is 24.2 Å². The summed E-state index contributed by atoms with van der Waals surface area (Å²) in [5.74, 6) is -0.548. The fourth-order valence-electron chi connectivity index (χ4n) is 4.02. The summed E-state index contributed by atoms with van der Waals surface area (Å²) in [6.07, 6.45) is 4.95. The first-order chi connectivity index (χ1) is 13.0. The SMILES string of the molecule is O=C(CN1C(=O)CNC1=O)N1CCC2(CC1)CN(Cc1ccoc1)CCO2. The first-order valence-corrected chi connectivity index (χ1v) is 9.28. The predicted molar refractivity (Wildman–Crippen MR) is 93.6 cm³/mol. The average molecular weight is 376 g/mol. The van der Waals surface area contributed by atoms with Gasteiger partial charge in [0.05, 0.1) is 31.3 Å². The van der Waals surface area contributed by atoms with Crippen molar-refractivity contribution < 1.29 is 23.5 Å². The van der Waals surface area contributed by atoms with E-state index in [-0.39, 0.29) is 30.5 Å². The van der Waals surface area contributed by atoms with E-state index >= 15 is 0 Å². The standard InChI is InChI=1S/C18H24N4O5/c23-15-9-19-17(25)22(15)11-16(24)21-4-2-18(3-5-21)13-20(6-8-27-18)10-14-1-7-26-12-14/h1,7,12H,2-6,8-11,13H2,(H,19,25). The Bertz CT molecular complexity index is 695. The number of hydrogen-bond acceptors (Lipinski definition) is 6. The summed E-state index contributed by atoms with van der Waals surface area (Å²) in [4.78, 5) is 40.8. The Balaban J connectivity index is 1.30. The van der Waals surface area contributed by atoms with E-state index in [0.29, 0.717) is 19.7 Å². The van der Waals surface area contributed by atoms with Crippen LogP contribution in [-0.2, 0) is 20.9 Å². The molecule has 0 aromatic carbocycles. The maximum absolute atomic E-state index is 12.5. The van der Waals surface area contributed by atoms with Gasteiger partial charge >= 0.3 is 6.03 Å². The number of furan rings is 1. The van der Waals surface area contributed by atoms with Crippen LogP contribution in [-0.4, -0.2) is 84.0 Å². The van der Waals surface area contributed by atoms with Gasteiger partial charge in [-0.2, -0.15) is 0 Å². The second-order valence-electron chi connectivity index (χ2n) is 7.39. The smallest absolute Gasteiger partial charge is 0.325 e. The van der Waals surface area contributed by atoms with Crippen LogP contribution in [0.2, 0.25) is 0 Å². The fourth-order valence-corrected chi connectivity index (χ4v) is 4.02. The summed E-state index contributed by atoms with van der Waals surface area (Å²) in [7, 11) is 0. The van der Waals surface area contributed by atoms with E-state index in [1.165, 1.54) is 0 Å². The molecule has 4 heterocycles. The van der Waals surface area contributed by atoms with Gasteiger partial charge in [0.2, 0.25) is 5.91 Å². The van der Waals surface area contributed by atoms with Gasteiger partial charge in [-0.15, -0.1) is 0 Å². The lowest BCUT2D eigenvalue weighted by atomic mass is 9.89. The van der Waals surface area contributed by atoms with Gasteiger partial charge in [0, 0.05) is 38.3 Å². The van der Waals surface area contributed by atoms with Crippen molar-refractivity contribution in [3.8, 4) is 0 Å². The quantitative estimate of drug-likeness (QED) is 0.745. The molecule has 1 spiro atoms. The third-order valence-electron chi connectivity index (χ3n) is 5.57. The lowest BCUT2D eigenvalue weighted by Gasteiger charge is -2.47. The third kappa shape index (κ3) is 3.84. The molecule has 3 saturated heterocycles. The van der Waals surface area contributed by atoms with Gasteiger partial charge in [0.15, 0.2) is 0 Å². The van der Waals surface area contributed by atoms with Crippen molar-refractivity contribution in [1.82, 2.24) is 20.0 Å². The van der Waals surface area contributed by atoms with Crippen LogP contribution in [0, 0.1) is 0 Å². The summed E-state index contributed by atoms with van der Waals surface area (Å²) in [5, 5.41) is 2.43. The molecule has 1 aromatic rings. The summed E-state index contributed by atoms with van der Waals surface area (Å²) in [6.45, 7) is 4.13. The Morgan fingerprint density at radius 2 is 2.04 bits per heavy atom. The van der Waals surface area contributed by atoms with Gasteiger partial charge in [-0.25, -0.2) is 4.79 Å². The minimum Gasteiger partial charge on any atom is -0.472 e. The van der Waals surface area contributed by atoms with Gasteiger partial charge in [-0.05, 0) is 18.9 Å². The highest BCUT2D eigenvalue weighted by atomic mass is 16.5. The third-order valence-corrected chi connectivity index (χ3v) is 5.57. The molecule has 0 atom stereocenters. The maximum Gasteiger partial charge on any atom is 0.325 e. The van der Waals surface area contributed by atoms with Crippen LogP contribution in [0.5, 0.6) is 0 Å². The van der Waals surface area contributed by atoms with E-state index in [9.17, 15) is 14.4 Å². The molecule has 3 aliphatic heterocycles. The number of nitrogens with one attached hydrogen (secondary N) is 1. The number of rotatable bonds is 4. The molecule has 1 aromatic heterocycles. The van der Waals surface area contributed by atoms with E-state index in [0.717, 1.165) is 42.9 Å². The molecular formula is C18H24N4O5. The van der Waals surface area contributed by atoms with Gasteiger partial charge in [0.25, 0.3) is 5.91 Å². The zero-order valence-corrected chi connectivity index (χ0v) is 15.2. The number of imide groups is 1. The highest BCUT2D eigenvalue weighted by molar-refractivity contribution is 6.04. The van der Waals surface area contributed by atoms with E-state index in [1.54, 1.807) is 17.4 Å². The second kappa shape index (κ2) is 7.32. The molecule has 3 aliphatic rings. The molecule has 0 aliphatic carbocycles. The van der Waals surface area contributed by atoms with Gasteiger partial charge < -0.3 is 19.4 Å². The van der Waals surface area contributed by atoms with Crippen molar-refractivity contribution in [1.29, 1.82) is 0 Å². The predicted octanol–water partition coefficient (Wildman–Crippen LogP) is 0.0248. The van der Waals surface area contributed by atoms with Crippen LogP contribution < -0.4 is 5.32 Å². The van der Waals surface area contributed by atoms with E-state index in [2.05, 4.69) is 10.2 Å². The van der Waals surface area contributed by atoms with Gasteiger partial charge in [-0.1, -0.05) is 0 Å². The topological polar surface area (TPSA) is 95.3 Å². The number of piperidine rings is 1. The normalized spacial score (nSPS) is 23.1. The number of carbonyl (C=O) groups excluding carboxylic acids is 3. The minimum absolute atomic E-state index is 0.0322. The number of urea groups is 1. The maximum atomic E-state index is 12.5. The first kappa shape index (κ1) is 18.0. The van der Waals surface area contributed by atoms with Crippen LogP contribution >= 0.6 is 0 Å². The zero-order chi connectivity index (χ0) is 18.9. The van der Waals surface area contributed by atoms with Crippen molar-refractivity contribution in [2.45, 2.75) is 25.0 Å². The van der Waals surface area contributed by atoms with E-state index in [4.69, 9.17) is 9.15 Å². The molecule has 0 saturated carbocycles. The molecule has 9 nitrogen and oxygen atoms in total. The molecule has 0 bridgehead atoms. The second-order valence-corrected chi connectivity index (χ2v) is 7.39. The van der Waals surface area contributed by atoms with Crippen LogP contribution in [0.1, 0.15) is 18.4 Å². The zero-order valence-electron chi connectivity index (χ0n) is 15.2. The molecule has 3 fully saturated rings. The Morgan fingerprint density at radius 3 is 2.70 bits per heavy atom. The molecule has 4 amide bonds. The average Bonchev–Trinajstić information content (AvgIpc) is 3.27. The molecule has 9 heteroatoms. The Labute approximate surface area is 157 Å². The number of ether oxygens (including phenoxy) is 1. The molecule has 0 radical (unpaired) electrons. The monoisotopic (exact) mass is 376 g/mol. The number of likely N-dealkylation sites (tertiary alicyclic amines) is 1. The van der Waals surface area contributed by atoms with Gasteiger partial charge in [0.1, 0.15) is 6.54 Å². The molecular weight excluding hydrogens is 352 g/mol. The van der Waals surface area contributed by atoms with Crippen molar-refractivity contribution in [3.63, 3.8) is 0 Å². The molecule has 1 N–H and O–H groups in total. The van der Waals surface area contributed by atoms with Crippen LogP contribution in [0.15, 0.2) is 23.0 Å². The van der Waals surface area contributed by atoms with Crippen LogP contribution in [0.25, 0.3) is 0 Å². The number of morpholine rings is 1. The number of hydrogen-bond donors (Lipinski definition) is 1. The minimum atomic E-state index is -0.493. The molecule has 146 valence electrons. The lowest BCUT2D eigenvalue weighted by Crippen LogP contribution is -2.58. The van der Waals surface area contributed by atoms with Crippen molar-refractivity contribution >= 4 is 17.8 Å². The lowest BCUT2D eigenvalue weighted by molar-refractivity contribution is -0.152. The fraction of sp³-hybridized carbons (Fsp3) is 0.611. The van der Waals surface area contributed by atoms with E-state index < -0.39 is 6.03 Å². The van der Waals surface area contributed by atoms with Gasteiger partial charge in [-0.3, -0.25) is 19.4 Å². The summed E-state index contributed by atoms with van der Waals surface area (Å²) in [5.41, 5.74) is 0.910. The largest absolute Gasteiger partial charge is 0.472 e. The molecule has 27 heavy (non-hydrogen) atoms. The molecule has 0 unspecified atom stereocenters. The first-order valence-electron chi connectivity index (χ1n) is 9.28. The summed E-state index contributed by atoms with van der Waals surface area (Å²) < 4.78 is 11.3. The highest BCUT2D eigenvalue weighted by Gasteiger charge is 2.41. The number of carbonyl (C=O) groups is 3. The van der Waals surface area contributed by atoms with Crippen molar-refractivity contribution in [2.24, 2.45) is 0 Å². The number of nitrogens with zero attached hydrogens (tertiary/aromatic N) is 3. The highest BCUT2D eigenvalue weighted by Crippen LogP contribution is 2.31.